The maximum absolute atomic E-state index is 12.7. The summed E-state index contributed by atoms with van der Waals surface area (Å²) in [7, 11) is 5.32. The molecular weight excluding hydrogens is 414 g/mol. The molecule has 0 radical (unpaired) electrons. The lowest BCUT2D eigenvalue weighted by molar-refractivity contribution is 0.0385. The largest absolute Gasteiger partial charge is 0.493 e. The van der Waals surface area contributed by atoms with E-state index in [0.29, 0.717) is 22.1 Å². The van der Waals surface area contributed by atoms with Gasteiger partial charge in [0.05, 0.1) is 26.0 Å². The van der Waals surface area contributed by atoms with Gasteiger partial charge in [-0.1, -0.05) is 6.07 Å². The van der Waals surface area contributed by atoms with E-state index >= 15 is 0 Å². The van der Waals surface area contributed by atoms with Crippen LogP contribution in [0.1, 0.15) is 34.8 Å². The molecule has 3 heterocycles. The van der Waals surface area contributed by atoms with Gasteiger partial charge in [0.1, 0.15) is 9.71 Å². The van der Waals surface area contributed by atoms with E-state index in [-0.39, 0.29) is 6.10 Å². The summed E-state index contributed by atoms with van der Waals surface area (Å²) in [5.41, 5.74) is 11.1. The molecule has 3 aromatic rings. The number of likely N-dealkylation sites (N-methyl/N-ethyl adjacent to an activating group) is 1. The zero-order valence-corrected chi connectivity index (χ0v) is 19.3. The Bertz CT molecular complexity index is 1160. The van der Waals surface area contributed by atoms with E-state index in [0.717, 1.165) is 52.1 Å². The van der Waals surface area contributed by atoms with Crippen LogP contribution in [-0.2, 0) is 17.7 Å². The molecule has 31 heavy (non-hydrogen) atoms. The van der Waals surface area contributed by atoms with E-state index in [9.17, 15) is 4.79 Å². The molecule has 1 aliphatic heterocycles. The first-order valence-electron chi connectivity index (χ1n) is 10.2. The molecule has 2 aromatic heterocycles. The number of carbonyl (C=O) groups is 1. The fourth-order valence-corrected chi connectivity index (χ4v) is 5.00. The molecule has 4 rings (SSSR count). The van der Waals surface area contributed by atoms with Crippen molar-refractivity contribution in [3.8, 4) is 22.6 Å². The maximum Gasteiger partial charge on any atom is 0.350 e. The molecule has 0 atom stereocenters. The molecule has 0 saturated carbocycles. The number of nitrogen functional groups attached to an aromatic ring is 1. The Morgan fingerprint density at radius 2 is 1.97 bits per heavy atom. The van der Waals surface area contributed by atoms with Crippen molar-refractivity contribution in [2.24, 2.45) is 0 Å². The molecular formula is C23H27N3O4S. The second kappa shape index (κ2) is 8.36. The van der Waals surface area contributed by atoms with Crippen LogP contribution in [0.2, 0.25) is 0 Å². The molecule has 0 unspecified atom stereocenters. The molecule has 1 aliphatic rings. The zero-order valence-electron chi connectivity index (χ0n) is 18.4. The molecule has 0 amide bonds. The number of hydrogen-bond acceptors (Lipinski definition) is 8. The van der Waals surface area contributed by atoms with Crippen molar-refractivity contribution in [1.29, 1.82) is 0 Å². The molecule has 0 saturated heterocycles. The quantitative estimate of drug-likeness (QED) is 0.596. The summed E-state index contributed by atoms with van der Waals surface area (Å²) >= 11 is 1.29. The zero-order chi connectivity index (χ0) is 22.3. The van der Waals surface area contributed by atoms with Crippen LogP contribution < -0.4 is 15.2 Å². The van der Waals surface area contributed by atoms with Crippen molar-refractivity contribution >= 4 is 33.2 Å². The summed E-state index contributed by atoms with van der Waals surface area (Å²) in [4.78, 5) is 21.0. The fraction of sp³-hybridized carbons (Fsp3) is 0.391. The normalized spacial score (nSPS) is 14.0. The van der Waals surface area contributed by atoms with Crippen LogP contribution in [-0.4, -0.2) is 49.8 Å². The van der Waals surface area contributed by atoms with E-state index in [4.69, 9.17) is 24.9 Å². The predicted molar refractivity (Wildman–Crippen MR) is 123 cm³/mol. The van der Waals surface area contributed by atoms with Gasteiger partial charge in [0.15, 0.2) is 11.5 Å². The number of carbonyl (C=O) groups excluding carboxylic acids is 1. The maximum atomic E-state index is 12.7. The van der Waals surface area contributed by atoms with E-state index in [1.165, 1.54) is 11.3 Å². The molecule has 2 N–H and O–H groups in total. The van der Waals surface area contributed by atoms with E-state index in [1.807, 2.05) is 32.0 Å². The average molecular weight is 442 g/mol. The smallest absolute Gasteiger partial charge is 0.350 e. The summed E-state index contributed by atoms with van der Waals surface area (Å²) in [5, 5.41) is 0.793. The highest BCUT2D eigenvalue weighted by Crippen LogP contribution is 2.45. The third-order valence-electron chi connectivity index (χ3n) is 5.42. The highest BCUT2D eigenvalue weighted by Gasteiger charge is 2.28. The first kappa shape index (κ1) is 21.4. The first-order chi connectivity index (χ1) is 14.8. The van der Waals surface area contributed by atoms with Crippen molar-refractivity contribution in [3.63, 3.8) is 0 Å². The minimum Gasteiger partial charge on any atom is -0.493 e. The van der Waals surface area contributed by atoms with Gasteiger partial charge in [-0.25, -0.2) is 9.78 Å². The lowest BCUT2D eigenvalue weighted by atomic mass is 9.92. The van der Waals surface area contributed by atoms with Gasteiger partial charge in [0.25, 0.3) is 0 Å². The van der Waals surface area contributed by atoms with E-state index in [2.05, 4.69) is 11.9 Å². The van der Waals surface area contributed by atoms with Gasteiger partial charge in [-0.3, -0.25) is 0 Å². The SMILES string of the molecule is COc1ccc(-c2c3c(nc4sc(C(=O)OC(C)C)c(N)c24)CCN(C)C3)cc1OC. The number of anilines is 1. The van der Waals surface area contributed by atoms with Crippen molar-refractivity contribution in [2.45, 2.75) is 32.9 Å². The van der Waals surface area contributed by atoms with Gasteiger partial charge < -0.3 is 24.8 Å². The Hall–Kier alpha value is -2.84. The Balaban J connectivity index is 2.01. The van der Waals surface area contributed by atoms with Crippen molar-refractivity contribution in [1.82, 2.24) is 9.88 Å². The summed E-state index contributed by atoms with van der Waals surface area (Å²) in [6.07, 6.45) is 0.614. The van der Waals surface area contributed by atoms with Crippen LogP contribution in [0.15, 0.2) is 18.2 Å². The summed E-state index contributed by atoms with van der Waals surface area (Å²) in [6.45, 7) is 5.33. The number of pyridine rings is 1. The molecule has 0 aliphatic carbocycles. The molecule has 8 heteroatoms. The average Bonchev–Trinajstić information content (AvgIpc) is 3.07. The minimum absolute atomic E-state index is 0.225. The Kier molecular flexibility index (Phi) is 5.77. The fourth-order valence-electron chi connectivity index (χ4n) is 3.99. The van der Waals surface area contributed by atoms with Crippen LogP contribution in [0.25, 0.3) is 21.3 Å². The number of rotatable bonds is 5. The number of methoxy groups -OCH3 is 2. The Morgan fingerprint density at radius 3 is 2.65 bits per heavy atom. The Labute approximate surface area is 185 Å². The van der Waals surface area contributed by atoms with Gasteiger partial charge in [-0.2, -0.15) is 0 Å². The topological polar surface area (TPSA) is 86.9 Å². The summed E-state index contributed by atoms with van der Waals surface area (Å²) in [6, 6.07) is 5.83. The van der Waals surface area contributed by atoms with Crippen LogP contribution in [0.4, 0.5) is 5.69 Å². The molecule has 7 nitrogen and oxygen atoms in total. The van der Waals surface area contributed by atoms with Gasteiger partial charge in [-0.05, 0) is 44.2 Å². The monoisotopic (exact) mass is 441 g/mol. The third-order valence-corrected chi connectivity index (χ3v) is 6.50. The first-order valence-corrected chi connectivity index (χ1v) is 11.0. The predicted octanol–water partition coefficient (Wildman–Crippen LogP) is 4.12. The second-order valence-electron chi connectivity index (χ2n) is 7.95. The number of benzene rings is 1. The highest BCUT2D eigenvalue weighted by atomic mass is 32.1. The lowest BCUT2D eigenvalue weighted by Gasteiger charge is -2.27. The van der Waals surface area contributed by atoms with E-state index in [1.54, 1.807) is 14.2 Å². The van der Waals surface area contributed by atoms with Gasteiger partial charge in [0.2, 0.25) is 0 Å². The van der Waals surface area contributed by atoms with Crippen molar-refractivity contribution < 1.29 is 19.0 Å². The number of hydrogen-bond donors (Lipinski definition) is 1. The number of nitrogens with zero attached hydrogens (tertiary/aromatic N) is 2. The number of ether oxygens (including phenoxy) is 3. The number of aromatic nitrogens is 1. The molecule has 1 aromatic carbocycles. The number of fused-ring (bicyclic) bond motifs is 2. The number of nitrogens with two attached hydrogens (primary N) is 1. The number of thiophene rings is 1. The lowest BCUT2D eigenvalue weighted by Crippen LogP contribution is -2.27. The summed E-state index contributed by atoms with van der Waals surface area (Å²) < 4.78 is 16.4. The van der Waals surface area contributed by atoms with Crippen LogP contribution in [0, 0.1) is 0 Å². The minimum atomic E-state index is -0.413. The van der Waals surface area contributed by atoms with Crippen LogP contribution >= 0.6 is 11.3 Å². The van der Waals surface area contributed by atoms with Crippen LogP contribution in [0.5, 0.6) is 11.5 Å². The second-order valence-corrected chi connectivity index (χ2v) is 8.95. The highest BCUT2D eigenvalue weighted by molar-refractivity contribution is 7.21. The third kappa shape index (κ3) is 3.81. The number of esters is 1. The van der Waals surface area contributed by atoms with Crippen molar-refractivity contribution in [3.05, 3.63) is 34.3 Å². The van der Waals surface area contributed by atoms with Crippen molar-refractivity contribution in [2.75, 3.05) is 33.5 Å². The molecule has 0 spiro atoms. The summed E-state index contributed by atoms with van der Waals surface area (Å²) in [5.74, 6) is 0.877. The molecule has 164 valence electrons. The standard InChI is InChI=1S/C23H27N3O4S/c1-12(2)30-23(27)21-20(24)19-18(13-6-7-16(28-4)17(10-13)29-5)14-11-26(3)9-8-15(14)25-22(19)31-21/h6-7,10,12H,8-9,11,24H2,1-5H3. The van der Waals surface area contributed by atoms with Gasteiger partial charge >= 0.3 is 5.97 Å². The Morgan fingerprint density at radius 1 is 1.23 bits per heavy atom. The molecule has 0 fully saturated rings. The van der Waals surface area contributed by atoms with E-state index < -0.39 is 5.97 Å². The van der Waals surface area contributed by atoms with Gasteiger partial charge in [0, 0.05) is 36.2 Å². The van der Waals surface area contributed by atoms with Crippen LogP contribution in [0.3, 0.4) is 0 Å². The van der Waals surface area contributed by atoms with Gasteiger partial charge in [-0.15, -0.1) is 11.3 Å². The molecule has 0 bridgehead atoms.